The van der Waals surface area contributed by atoms with Crippen LogP contribution in [0.4, 0.5) is 5.69 Å². The van der Waals surface area contributed by atoms with Crippen molar-refractivity contribution in [2.45, 2.75) is 13.8 Å². The van der Waals surface area contributed by atoms with Crippen LogP contribution in [0.1, 0.15) is 27.3 Å². The molecule has 3 rings (SSSR count). The second-order valence-corrected chi connectivity index (χ2v) is 6.32. The maximum absolute atomic E-state index is 11.8. The minimum Gasteiger partial charge on any atom is -0.465 e. The van der Waals surface area contributed by atoms with E-state index in [0.29, 0.717) is 16.3 Å². The molecule has 0 aliphatic rings. The molecule has 3 aromatic rings. The lowest BCUT2D eigenvalue weighted by Gasteiger charge is -2.09. The van der Waals surface area contributed by atoms with E-state index in [1.54, 1.807) is 24.4 Å². The van der Waals surface area contributed by atoms with Gasteiger partial charge in [-0.2, -0.15) is 0 Å². The van der Waals surface area contributed by atoms with Crippen LogP contribution in [-0.4, -0.2) is 23.9 Å². The Balaban J connectivity index is 1.94. The quantitative estimate of drug-likeness (QED) is 0.465. The van der Waals surface area contributed by atoms with Crippen LogP contribution in [0.5, 0.6) is 0 Å². The molecular formula is C21H19ClN2O2. The van der Waals surface area contributed by atoms with Crippen molar-refractivity contribution in [3.05, 3.63) is 82.1 Å². The molecule has 1 aromatic heterocycles. The van der Waals surface area contributed by atoms with E-state index in [-0.39, 0.29) is 0 Å². The molecule has 0 radical (unpaired) electrons. The van der Waals surface area contributed by atoms with E-state index in [4.69, 9.17) is 16.3 Å². The molecule has 0 aliphatic carbocycles. The SMILES string of the molecule is COC(=O)c1cc(N=Cc2cc(C)n(-c3ccccc3)c2C)ccc1Cl. The molecule has 0 N–H and O–H groups in total. The van der Waals surface area contributed by atoms with Gasteiger partial charge in [0.15, 0.2) is 0 Å². The third kappa shape index (κ3) is 3.55. The van der Waals surface area contributed by atoms with E-state index in [2.05, 4.69) is 41.6 Å². The number of aryl methyl sites for hydroxylation is 1. The Kier molecular flexibility index (Phi) is 5.24. The number of hydrogen-bond donors (Lipinski definition) is 0. The summed E-state index contributed by atoms with van der Waals surface area (Å²) in [7, 11) is 1.33. The van der Waals surface area contributed by atoms with Crippen LogP contribution in [0.3, 0.4) is 0 Å². The number of aromatic nitrogens is 1. The van der Waals surface area contributed by atoms with Crippen molar-refractivity contribution in [1.82, 2.24) is 4.57 Å². The third-order valence-electron chi connectivity index (χ3n) is 4.19. The zero-order chi connectivity index (χ0) is 18.7. The van der Waals surface area contributed by atoms with Gasteiger partial charge in [-0.1, -0.05) is 29.8 Å². The molecule has 0 bridgehead atoms. The zero-order valence-corrected chi connectivity index (χ0v) is 15.6. The Bertz CT molecular complexity index is 975. The fourth-order valence-corrected chi connectivity index (χ4v) is 3.09. The van der Waals surface area contributed by atoms with Gasteiger partial charge in [-0.25, -0.2) is 4.79 Å². The van der Waals surface area contributed by atoms with Gasteiger partial charge in [0.2, 0.25) is 0 Å². The van der Waals surface area contributed by atoms with E-state index in [1.807, 2.05) is 18.2 Å². The molecule has 0 unspecified atom stereocenters. The molecule has 0 spiro atoms. The molecule has 5 heteroatoms. The smallest absolute Gasteiger partial charge is 0.339 e. The first-order chi connectivity index (χ1) is 12.5. The zero-order valence-electron chi connectivity index (χ0n) is 14.9. The second-order valence-electron chi connectivity index (χ2n) is 5.91. The molecule has 0 saturated carbocycles. The van der Waals surface area contributed by atoms with Crippen molar-refractivity contribution >= 4 is 29.5 Å². The largest absolute Gasteiger partial charge is 0.465 e. The van der Waals surface area contributed by atoms with Crippen molar-refractivity contribution in [2.24, 2.45) is 4.99 Å². The molecule has 0 amide bonds. The van der Waals surface area contributed by atoms with Crippen molar-refractivity contribution in [1.29, 1.82) is 0 Å². The third-order valence-corrected chi connectivity index (χ3v) is 4.52. The molecule has 0 aliphatic heterocycles. The standard InChI is InChI=1S/C21H19ClN2O2/c1-14-11-16(15(2)24(14)18-7-5-4-6-8-18)13-23-17-9-10-20(22)19(12-17)21(25)26-3/h4-13H,1-3H3. The normalized spacial score (nSPS) is 11.1. The molecular weight excluding hydrogens is 348 g/mol. The van der Waals surface area contributed by atoms with Gasteiger partial charge in [0.25, 0.3) is 0 Å². The number of para-hydroxylation sites is 1. The summed E-state index contributed by atoms with van der Waals surface area (Å²) in [5.41, 5.74) is 5.29. The highest BCUT2D eigenvalue weighted by Crippen LogP contribution is 2.24. The number of methoxy groups -OCH3 is 1. The summed E-state index contributed by atoms with van der Waals surface area (Å²) >= 11 is 6.05. The van der Waals surface area contributed by atoms with Crippen LogP contribution >= 0.6 is 11.6 Å². The number of nitrogens with zero attached hydrogens (tertiary/aromatic N) is 2. The molecule has 0 saturated heterocycles. The van der Waals surface area contributed by atoms with Crippen LogP contribution in [0, 0.1) is 13.8 Å². The summed E-state index contributed by atoms with van der Waals surface area (Å²) < 4.78 is 6.93. The number of carbonyl (C=O) groups excluding carboxylic acids is 1. The first kappa shape index (κ1) is 18.0. The molecule has 132 valence electrons. The second kappa shape index (κ2) is 7.58. The number of aliphatic imine (C=N–C) groups is 1. The number of rotatable bonds is 4. The van der Waals surface area contributed by atoms with Gasteiger partial charge in [-0.3, -0.25) is 4.99 Å². The number of ether oxygens (including phenoxy) is 1. The Labute approximate surface area is 157 Å². The van der Waals surface area contributed by atoms with Gasteiger partial charge < -0.3 is 9.30 Å². The van der Waals surface area contributed by atoms with Gasteiger partial charge in [-0.15, -0.1) is 0 Å². The molecule has 2 aromatic carbocycles. The highest BCUT2D eigenvalue weighted by molar-refractivity contribution is 6.33. The van der Waals surface area contributed by atoms with Crippen LogP contribution in [0.25, 0.3) is 5.69 Å². The van der Waals surface area contributed by atoms with Crippen molar-refractivity contribution in [2.75, 3.05) is 7.11 Å². The maximum atomic E-state index is 11.8. The van der Waals surface area contributed by atoms with Crippen molar-refractivity contribution in [3.63, 3.8) is 0 Å². The summed E-state index contributed by atoms with van der Waals surface area (Å²) in [6.07, 6.45) is 1.80. The van der Waals surface area contributed by atoms with E-state index in [0.717, 1.165) is 22.6 Å². The summed E-state index contributed by atoms with van der Waals surface area (Å²) in [6, 6.07) is 17.3. The molecule has 0 atom stereocenters. The molecule has 26 heavy (non-hydrogen) atoms. The predicted octanol–water partition coefficient (Wildman–Crippen LogP) is 5.28. The maximum Gasteiger partial charge on any atom is 0.339 e. The van der Waals surface area contributed by atoms with Crippen LogP contribution in [0.15, 0.2) is 59.6 Å². The monoisotopic (exact) mass is 366 g/mol. The summed E-state index contributed by atoms with van der Waals surface area (Å²) in [6.45, 7) is 4.12. The van der Waals surface area contributed by atoms with Gasteiger partial charge >= 0.3 is 5.97 Å². The average Bonchev–Trinajstić information content (AvgIpc) is 2.94. The lowest BCUT2D eigenvalue weighted by molar-refractivity contribution is 0.0601. The van der Waals surface area contributed by atoms with Crippen LogP contribution in [0.2, 0.25) is 5.02 Å². The highest BCUT2D eigenvalue weighted by Gasteiger charge is 2.12. The molecule has 4 nitrogen and oxygen atoms in total. The van der Waals surface area contributed by atoms with Crippen LogP contribution in [-0.2, 0) is 4.74 Å². The van der Waals surface area contributed by atoms with Gasteiger partial charge in [0, 0.05) is 28.9 Å². The van der Waals surface area contributed by atoms with E-state index >= 15 is 0 Å². The van der Waals surface area contributed by atoms with Gasteiger partial charge in [0.05, 0.1) is 23.4 Å². The van der Waals surface area contributed by atoms with E-state index in [9.17, 15) is 4.79 Å². The number of hydrogen-bond acceptors (Lipinski definition) is 3. The fourth-order valence-electron chi connectivity index (χ4n) is 2.90. The Morgan fingerprint density at radius 3 is 2.54 bits per heavy atom. The minimum absolute atomic E-state index is 0.304. The summed E-state index contributed by atoms with van der Waals surface area (Å²) in [4.78, 5) is 16.3. The predicted molar refractivity (Wildman–Crippen MR) is 105 cm³/mol. The number of esters is 1. The Morgan fingerprint density at radius 1 is 1.12 bits per heavy atom. The number of carbonyl (C=O) groups is 1. The minimum atomic E-state index is -0.477. The summed E-state index contributed by atoms with van der Waals surface area (Å²) in [5.74, 6) is -0.477. The molecule has 0 fully saturated rings. The fraction of sp³-hybridized carbons (Fsp3) is 0.143. The van der Waals surface area contributed by atoms with Crippen LogP contribution < -0.4 is 0 Å². The Morgan fingerprint density at radius 2 is 1.85 bits per heavy atom. The first-order valence-corrected chi connectivity index (χ1v) is 8.55. The lowest BCUT2D eigenvalue weighted by atomic mass is 10.2. The van der Waals surface area contributed by atoms with E-state index in [1.165, 1.54) is 7.11 Å². The molecule has 1 heterocycles. The number of halogens is 1. The Hall–Kier alpha value is -2.85. The first-order valence-electron chi connectivity index (χ1n) is 8.17. The topological polar surface area (TPSA) is 43.6 Å². The average molecular weight is 367 g/mol. The van der Waals surface area contributed by atoms with Crippen molar-refractivity contribution < 1.29 is 9.53 Å². The van der Waals surface area contributed by atoms with Crippen molar-refractivity contribution in [3.8, 4) is 5.69 Å². The van der Waals surface area contributed by atoms with Gasteiger partial charge in [0.1, 0.15) is 0 Å². The summed E-state index contributed by atoms with van der Waals surface area (Å²) in [5, 5.41) is 0.345. The number of benzene rings is 2. The lowest BCUT2D eigenvalue weighted by Crippen LogP contribution is -2.01. The highest BCUT2D eigenvalue weighted by atomic mass is 35.5. The van der Waals surface area contributed by atoms with Gasteiger partial charge in [-0.05, 0) is 50.2 Å². The van der Waals surface area contributed by atoms with E-state index < -0.39 is 5.97 Å².